The van der Waals surface area contributed by atoms with Crippen molar-refractivity contribution in [1.29, 1.82) is 0 Å². The number of aliphatic imine (C=N–C) groups is 1. The van der Waals surface area contributed by atoms with Crippen LogP contribution < -0.4 is 0 Å². The molecule has 0 unspecified atom stereocenters. The number of carbonyl (C=O) groups excluding carboxylic acids is 1. The molecule has 0 aliphatic heterocycles. The Labute approximate surface area is 111 Å². The molecule has 0 fully saturated rings. The summed E-state index contributed by atoms with van der Waals surface area (Å²) in [6, 6.07) is 16.4. The van der Waals surface area contributed by atoms with Gasteiger partial charge in [0.05, 0.1) is 5.69 Å². The van der Waals surface area contributed by atoms with E-state index in [9.17, 15) is 4.79 Å². The van der Waals surface area contributed by atoms with E-state index in [1.807, 2.05) is 30.3 Å². The van der Waals surface area contributed by atoms with Gasteiger partial charge in [0.1, 0.15) is 0 Å². The van der Waals surface area contributed by atoms with Gasteiger partial charge in [0.25, 0.3) is 0 Å². The topological polar surface area (TPSA) is 29.4 Å². The van der Waals surface area contributed by atoms with Crippen LogP contribution in [0.15, 0.2) is 59.6 Å². The van der Waals surface area contributed by atoms with E-state index in [1.165, 1.54) is 0 Å². The molecule has 2 rings (SSSR count). The lowest BCUT2D eigenvalue weighted by atomic mass is 10.1. The highest BCUT2D eigenvalue weighted by molar-refractivity contribution is 6.30. The molecule has 0 saturated carbocycles. The smallest absolute Gasteiger partial charge is 0.168 e. The molecule has 0 amide bonds. The van der Waals surface area contributed by atoms with Gasteiger partial charge < -0.3 is 0 Å². The van der Waals surface area contributed by atoms with Crippen LogP contribution >= 0.6 is 11.6 Å². The number of carbonyl (C=O) groups is 1. The molecule has 0 radical (unpaired) electrons. The van der Waals surface area contributed by atoms with Crippen LogP contribution in [0, 0.1) is 0 Å². The Morgan fingerprint density at radius 2 is 1.72 bits per heavy atom. The Morgan fingerprint density at radius 3 is 2.39 bits per heavy atom. The van der Waals surface area contributed by atoms with Crippen molar-refractivity contribution in [3.8, 4) is 0 Å². The van der Waals surface area contributed by atoms with Crippen LogP contribution in [0.1, 0.15) is 16.8 Å². The van der Waals surface area contributed by atoms with Crippen molar-refractivity contribution in [2.45, 2.75) is 6.42 Å². The zero-order valence-electron chi connectivity index (χ0n) is 9.71. The minimum absolute atomic E-state index is 0.0337. The molecule has 2 aromatic rings. The molecular formula is C15H12ClNO. The van der Waals surface area contributed by atoms with Crippen LogP contribution in [0.5, 0.6) is 0 Å². The number of nitrogens with zero attached hydrogens (tertiary/aromatic N) is 1. The SMILES string of the molecule is O=C(CC=Nc1ccccc1)c1ccc(Cl)cc1. The summed E-state index contributed by atoms with van der Waals surface area (Å²) in [7, 11) is 0. The predicted molar refractivity (Wildman–Crippen MR) is 75.0 cm³/mol. The number of para-hydroxylation sites is 1. The van der Waals surface area contributed by atoms with Crippen molar-refractivity contribution < 1.29 is 4.79 Å². The van der Waals surface area contributed by atoms with Gasteiger partial charge >= 0.3 is 0 Å². The zero-order chi connectivity index (χ0) is 12.8. The van der Waals surface area contributed by atoms with Gasteiger partial charge in [0.2, 0.25) is 0 Å². The normalized spacial score (nSPS) is 10.7. The van der Waals surface area contributed by atoms with Gasteiger partial charge in [-0.3, -0.25) is 9.79 Å². The second kappa shape index (κ2) is 6.12. The minimum atomic E-state index is 0.0337. The number of halogens is 1. The highest BCUT2D eigenvalue weighted by Gasteiger charge is 2.03. The maximum absolute atomic E-state index is 11.8. The summed E-state index contributed by atoms with van der Waals surface area (Å²) in [6.07, 6.45) is 1.92. The van der Waals surface area contributed by atoms with Gasteiger partial charge in [-0.2, -0.15) is 0 Å². The molecule has 0 aliphatic carbocycles. The largest absolute Gasteiger partial charge is 0.294 e. The highest BCUT2D eigenvalue weighted by atomic mass is 35.5. The summed E-state index contributed by atoms with van der Waals surface area (Å²) in [5.74, 6) is 0.0337. The summed E-state index contributed by atoms with van der Waals surface area (Å²) in [6.45, 7) is 0. The molecule has 2 nitrogen and oxygen atoms in total. The number of benzene rings is 2. The summed E-state index contributed by atoms with van der Waals surface area (Å²) in [5, 5.41) is 0.629. The van der Waals surface area contributed by atoms with E-state index < -0.39 is 0 Å². The lowest BCUT2D eigenvalue weighted by Gasteiger charge is -1.97. The molecule has 0 spiro atoms. The van der Waals surface area contributed by atoms with Crippen LogP contribution in [-0.2, 0) is 0 Å². The van der Waals surface area contributed by atoms with Crippen molar-refractivity contribution in [3.05, 3.63) is 65.2 Å². The average Bonchev–Trinajstić information content (AvgIpc) is 2.40. The molecule has 0 N–H and O–H groups in total. The molecular weight excluding hydrogens is 246 g/mol. The molecule has 0 heterocycles. The van der Waals surface area contributed by atoms with Crippen LogP contribution in [0.2, 0.25) is 5.02 Å². The van der Waals surface area contributed by atoms with Crippen LogP contribution in [0.4, 0.5) is 5.69 Å². The molecule has 90 valence electrons. The number of hydrogen-bond acceptors (Lipinski definition) is 2. The number of rotatable bonds is 4. The third-order valence-electron chi connectivity index (χ3n) is 2.44. The van der Waals surface area contributed by atoms with Gasteiger partial charge in [-0.1, -0.05) is 29.8 Å². The number of ketones is 1. The van der Waals surface area contributed by atoms with E-state index >= 15 is 0 Å². The first-order valence-corrected chi connectivity index (χ1v) is 6.00. The Morgan fingerprint density at radius 1 is 1.06 bits per heavy atom. The summed E-state index contributed by atoms with van der Waals surface area (Å²) < 4.78 is 0. The molecule has 3 heteroatoms. The van der Waals surface area contributed by atoms with Crippen molar-refractivity contribution >= 4 is 29.3 Å². The lowest BCUT2D eigenvalue weighted by molar-refractivity contribution is 0.100. The lowest BCUT2D eigenvalue weighted by Crippen LogP contribution is -1.98. The molecule has 0 saturated heterocycles. The van der Waals surface area contributed by atoms with Crippen LogP contribution in [-0.4, -0.2) is 12.0 Å². The van der Waals surface area contributed by atoms with Crippen molar-refractivity contribution in [3.63, 3.8) is 0 Å². The summed E-state index contributed by atoms with van der Waals surface area (Å²) in [5.41, 5.74) is 1.50. The Bertz CT molecular complexity index is 546. The standard InChI is InChI=1S/C15H12ClNO/c16-13-8-6-12(7-9-13)15(18)10-11-17-14-4-2-1-3-5-14/h1-9,11H,10H2. The zero-order valence-corrected chi connectivity index (χ0v) is 10.5. The molecule has 0 bridgehead atoms. The minimum Gasteiger partial charge on any atom is -0.294 e. The van der Waals surface area contributed by atoms with Gasteiger partial charge in [-0.25, -0.2) is 0 Å². The van der Waals surface area contributed by atoms with E-state index in [-0.39, 0.29) is 12.2 Å². The maximum Gasteiger partial charge on any atom is 0.168 e. The van der Waals surface area contributed by atoms with Crippen molar-refractivity contribution in [2.75, 3.05) is 0 Å². The summed E-state index contributed by atoms with van der Waals surface area (Å²) >= 11 is 5.76. The van der Waals surface area contributed by atoms with E-state index in [0.717, 1.165) is 5.69 Å². The number of Topliss-reactive ketones (excluding diaryl/α,β-unsaturated/α-hetero) is 1. The fourth-order valence-corrected chi connectivity index (χ4v) is 1.63. The fraction of sp³-hybridized carbons (Fsp3) is 0.0667. The Kier molecular flexibility index (Phi) is 4.26. The fourth-order valence-electron chi connectivity index (χ4n) is 1.50. The maximum atomic E-state index is 11.8. The average molecular weight is 258 g/mol. The van der Waals surface area contributed by atoms with Crippen molar-refractivity contribution in [2.24, 2.45) is 4.99 Å². The molecule has 0 atom stereocenters. The first-order valence-electron chi connectivity index (χ1n) is 5.62. The van der Waals surface area contributed by atoms with Gasteiger partial charge in [0.15, 0.2) is 5.78 Å². The first-order chi connectivity index (χ1) is 8.75. The second-order valence-electron chi connectivity index (χ2n) is 3.78. The molecule has 18 heavy (non-hydrogen) atoms. The quantitative estimate of drug-likeness (QED) is 0.593. The number of hydrogen-bond donors (Lipinski definition) is 0. The molecule has 0 aromatic heterocycles. The Balaban J connectivity index is 1.96. The highest BCUT2D eigenvalue weighted by Crippen LogP contribution is 2.12. The van der Waals surface area contributed by atoms with Gasteiger partial charge in [-0.05, 0) is 36.4 Å². The third-order valence-corrected chi connectivity index (χ3v) is 2.69. The van der Waals surface area contributed by atoms with E-state index in [0.29, 0.717) is 10.6 Å². The van der Waals surface area contributed by atoms with Crippen molar-refractivity contribution in [1.82, 2.24) is 0 Å². The van der Waals surface area contributed by atoms with Gasteiger partial charge in [0, 0.05) is 23.2 Å². The van der Waals surface area contributed by atoms with E-state index in [1.54, 1.807) is 30.5 Å². The van der Waals surface area contributed by atoms with E-state index in [4.69, 9.17) is 11.6 Å². The second-order valence-corrected chi connectivity index (χ2v) is 4.22. The third kappa shape index (κ3) is 3.54. The monoisotopic (exact) mass is 257 g/mol. The predicted octanol–water partition coefficient (Wildman–Crippen LogP) is 4.32. The van der Waals surface area contributed by atoms with E-state index in [2.05, 4.69) is 4.99 Å². The first kappa shape index (κ1) is 12.5. The van der Waals surface area contributed by atoms with Crippen LogP contribution in [0.3, 0.4) is 0 Å². The van der Waals surface area contributed by atoms with Crippen LogP contribution in [0.25, 0.3) is 0 Å². The molecule has 2 aromatic carbocycles. The van der Waals surface area contributed by atoms with Gasteiger partial charge in [-0.15, -0.1) is 0 Å². The Hall–Kier alpha value is -1.93. The summed E-state index contributed by atoms with van der Waals surface area (Å²) in [4.78, 5) is 16.0. The molecule has 0 aliphatic rings.